The average Bonchev–Trinajstić information content (AvgIpc) is 2.30. The molecule has 0 aliphatic carbocycles. The van der Waals surface area contributed by atoms with Gasteiger partial charge in [-0.1, -0.05) is 30.3 Å². The van der Waals surface area contributed by atoms with E-state index in [-0.39, 0.29) is 6.61 Å². The number of hydrogen-bond donors (Lipinski definition) is 1. The third kappa shape index (κ3) is 1.78. The van der Waals surface area contributed by atoms with E-state index in [1.807, 2.05) is 30.3 Å². The van der Waals surface area contributed by atoms with Gasteiger partial charge in [0.25, 0.3) is 0 Å². The van der Waals surface area contributed by atoms with Crippen LogP contribution in [-0.2, 0) is 6.61 Å². The molecule has 0 saturated heterocycles. The van der Waals surface area contributed by atoms with E-state index in [9.17, 15) is 0 Å². The Kier molecular flexibility index (Phi) is 2.51. The van der Waals surface area contributed by atoms with E-state index < -0.39 is 0 Å². The maximum absolute atomic E-state index is 8.92. The van der Waals surface area contributed by atoms with Gasteiger partial charge in [-0.3, -0.25) is 0 Å². The normalized spacial score (nSPS) is 10.1. The van der Waals surface area contributed by atoms with Crippen LogP contribution >= 0.6 is 0 Å². The van der Waals surface area contributed by atoms with Crippen LogP contribution in [-0.4, -0.2) is 15.1 Å². The monoisotopic (exact) mass is 186 g/mol. The second-order valence-corrected chi connectivity index (χ2v) is 2.92. The Morgan fingerprint density at radius 3 is 2.57 bits per heavy atom. The zero-order chi connectivity index (χ0) is 9.80. The first-order valence-electron chi connectivity index (χ1n) is 4.37. The Labute approximate surface area is 82.1 Å². The van der Waals surface area contributed by atoms with Gasteiger partial charge in [0, 0.05) is 5.56 Å². The van der Waals surface area contributed by atoms with Crippen LogP contribution < -0.4 is 0 Å². The van der Waals surface area contributed by atoms with Crippen molar-refractivity contribution < 1.29 is 5.11 Å². The van der Waals surface area contributed by atoms with Crippen LogP contribution in [0.1, 0.15) is 5.69 Å². The van der Waals surface area contributed by atoms with Crippen LogP contribution in [0.5, 0.6) is 0 Å². The van der Waals surface area contributed by atoms with Crippen molar-refractivity contribution >= 4 is 0 Å². The van der Waals surface area contributed by atoms with E-state index in [2.05, 4.69) is 9.97 Å². The minimum absolute atomic E-state index is 0.0532. The smallest absolute Gasteiger partial charge is 0.116 e. The molecular formula is C11H10N2O. The number of aromatic nitrogens is 2. The zero-order valence-electron chi connectivity index (χ0n) is 7.59. The summed E-state index contributed by atoms with van der Waals surface area (Å²) in [6, 6.07) is 11.6. The molecule has 0 fully saturated rings. The Hall–Kier alpha value is -1.74. The molecule has 0 radical (unpaired) electrons. The maximum Gasteiger partial charge on any atom is 0.116 e. The average molecular weight is 186 g/mol. The molecule has 2 rings (SSSR count). The number of benzene rings is 1. The number of rotatable bonds is 2. The molecule has 0 bridgehead atoms. The molecule has 3 heteroatoms. The van der Waals surface area contributed by atoms with E-state index in [1.165, 1.54) is 6.33 Å². The number of hydrogen-bond acceptors (Lipinski definition) is 3. The molecule has 0 aliphatic rings. The highest BCUT2D eigenvalue weighted by molar-refractivity contribution is 5.58. The summed E-state index contributed by atoms with van der Waals surface area (Å²) in [5.41, 5.74) is 2.51. The molecule has 1 heterocycles. The number of nitrogens with zero attached hydrogens (tertiary/aromatic N) is 2. The molecule has 0 spiro atoms. The SMILES string of the molecule is OCc1cc(-c2ccccc2)ncn1. The van der Waals surface area contributed by atoms with E-state index in [0.29, 0.717) is 5.69 Å². The summed E-state index contributed by atoms with van der Waals surface area (Å²) in [5, 5.41) is 8.92. The molecule has 0 atom stereocenters. The third-order valence-corrected chi connectivity index (χ3v) is 1.96. The fourth-order valence-corrected chi connectivity index (χ4v) is 1.25. The van der Waals surface area contributed by atoms with Gasteiger partial charge in [-0.15, -0.1) is 0 Å². The molecule has 0 unspecified atom stereocenters. The summed E-state index contributed by atoms with van der Waals surface area (Å²) in [6.07, 6.45) is 1.47. The van der Waals surface area contributed by atoms with Crippen LogP contribution in [0.3, 0.4) is 0 Å². The first-order valence-corrected chi connectivity index (χ1v) is 4.37. The Bertz CT molecular complexity index is 415. The van der Waals surface area contributed by atoms with Crippen LogP contribution in [0.15, 0.2) is 42.7 Å². The lowest BCUT2D eigenvalue weighted by Crippen LogP contribution is -1.92. The lowest BCUT2D eigenvalue weighted by atomic mass is 10.1. The highest BCUT2D eigenvalue weighted by Gasteiger charge is 1.99. The summed E-state index contributed by atoms with van der Waals surface area (Å²) >= 11 is 0. The highest BCUT2D eigenvalue weighted by Crippen LogP contribution is 2.15. The number of aliphatic hydroxyl groups excluding tert-OH is 1. The zero-order valence-corrected chi connectivity index (χ0v) is 7.59. The molecule has 1 N–H and O–H groups in total. The van der Waals surface area contributed by atoms with Gasteiger partial charge in [0.05, 0.1) is 18.0 Å². The Morgan fingerprint density at radius 2 is 1.86 bits per heavy atom. The van der Waals surface area contributed by atoms with Crippen molar-refractivity contribution in [3.63, 3.8) is 0 Å². The first kappa shape index (κ1) is 8.84. The van der Waals surface area contributed by atoms with Crippen molar-refractivity contribution in [2.45, 2.75) is 6.61 Å². The quantitative estimate of drug-likeness (QED) is 0.775. The molecule has 3 nitrogen and oxygen atoms in total. The minimum Gasteiger partial charge on any atom is -0.390 e. The molecule has 14 heavy (non-hydrogen) atoms. The van der Waals surface area contributed by atoms with Gasteiger partial charge in [0.15, 0.2) is 0 Å². The standard InChI is InChI=1S/C11H10N2O/c14-7-10-6-11(13-8-12-10)9-4-2-1-3-5-9/h1-6,8,14H,7H2. The summed E-state index contributed by atoms with van der Waals surface area (Å²) in [5.74, 6) is 0. The minimum atomic E-state index is -0.0532. The Morgan fingerprint density at radius 1 is 1.07 bits per heavy atom. The fourth-order valence-electron chi connectivity index (χ4n) is 1.25. The van der Waals surface area contributed by atoms with Gasteiger partial charge in [-0.05, 0) is 6.07 Å². The van der Waals surface area contributed by atoms with Crippen molar-refractivity contribution in [3.8, 4) is 11.3 Å². The van der Waals surface area contributed by atoms with Crippen molar-refractivity contribution in [1.29, 1.82) is 0 Å². The van der Waals surface area contributed by atoms with Crippen molar-refractivity contribution in [3.05, 3.63) is 48.4 Å². The largest absolute Gasteiger partial charge is 0.390 e. The summed E-state index contributed by atoms with van der Waals surface area (Å²) in [4.78, 5) is 8.06. The van der Waals surface area contributed by atoms with E-state index in [0.717, 1.165) is 11.3 Å². The second kappa shape index (κ2) is 3.98. The number of aliphatic hydroxyl groups is 1. The van der Waals surface area contributed by atoms with Crippen LogP contribution in [0.4, 0.5) is 0 Å². The first-order chi connectivity index (χ1) is 6.90. The summed E-state index contributed by atoms with van der Waals surface area (Å²) in [7, 11) is 0. The van der Waals surface area contributed by atoms with Gasteiger partial charge in [-0.25, -0.2) is 9.97 Å². The lowest BCUT2D eigenvalue weighted by molar-refractivity contribution is 0.276. The van der Waals surface area contributed by atoms with Gasteiger partial charge >= 0.3 is 0 Å². The predicted octanol–water partition coefficient (Wildman–Crippen LogP) is 1.64. The van der Waals surface area contributed by atoms with Crippen LogP contribution in [0.25, 0.3) is 11.3 Å². The van der Waals surface area contributed by atoms with E-state index in [4.69, 9.17) is 5.11 Å². The summed E-state index contributed by atoms with van der Waals surface area (Å²) in [6.45, 7) is -0.0532. The predicted molar refractivity (Wildman–Crippen MR) is 53.4 cm³/mol. The van der Waals surface area contributed by atoms with Crippen molar-refractivity contribution in [1.82, 2.24) is 9.97 Å². The van der Waals surface area contributed by atoms with Crippen molar-refractivity contribution in [2.75, 3.05) is 0 Å². The topological polar surface area (TPSA) is 46.0 Å². The summed E-state index contributed by atoms with van der Waals surface area (Å²) < 4.78 is 0. The molecule has 1 aromatic carbocycles. The molecule has 70 valence electrons. The van der Waals surface area contributed by atoms with Gasteiger partial charge in [0.2, 0.25) is 0 Å². The fraction of sp³-hybridized carbons (Fsp3) is 0.0909. The lowest BCUT2D eigenvalue weighted by Gasteiger charge is -2.00. The van der Waals surface area contributed by atoms with Gasteiger partial charge in [0.1, 0.15) is 6.33 Å². The van der Waals surface area contributed by atoms with Gasteiger partial charge in [-0.2, -0.15) is 0 Å². The van der Waals surface area contributed by atoms with Crippen LogP contribution in [0.2, 0.25) is 0 Å². The molecular weight excluding hydrogens is 176 g/mol. The molecule has 0 saturated carbocycles. The molecule has 2 aromatic rings. The maximum atomic E-state index is 8.92. The molecule has 0 amide bonds. The van der Waals surface area contributed by atoms with Crippen LogP contribution in [0, 0.1) is 0 Å². The van der Waals surface area contributed by atoms with Gasteiger partial charge < -0.3 is 5.11 Å². The van der Waals surface area contributed by atoms with E-state index >= 15 is 0 Å². The molecule has 0 aliphatic heterocycles. The molecule has 1 aromatic heterocycles. The second-order valence-electron chi connectivity index (χ2n) is 2.92. The third-order valence-electron chi connectivity index (χ3n) is 1.96. The van der Waals surface area contributed by atoms with E-state index in [1.54, 1.807) is 6.07 Å². The Balaban J connectivity index is 2.42. The van der Waals surface area contributed by atoms with Crippen molar-refractivity contribution in [2.24, 2.45) is 0 Å². The highest BCUT2D eigenvalue weighted by atomic mass is 16.3.